The van der Waals surface area contributed by atoms with E-state index in [0.717, 1.165) is 5.56 Å². The number of hydrogen-bond donors (Lipinski definition) is 2. The Hall–Kier alpha value is -2.66. The minimum Gasteiger partial charge on any atom is -0.506 e. The highest BCUT2D eigenvalue weighted by atomic mass is 35.5. The number of carbonyl (C=O) groups is 1. The first kappa shape index (κ1) is 18.1. The van der Waals surface area contributed by atoms with Gasteiger partial charge in [-0.1, -0.05) is 30.7 Å². The Morgan fingerprint density at radius 1 is 1.23 bits per heavy atom. The quantitative estimate of drug-likeness (QED) is 0.697. The molecule has 133 valence electrons. The summed E-state index contributed by atoms with van der Waals surface area (Å²) < 4.78 is 14.2. The minimum absolute atomic E-state index is 0.00219. The summed E-state index contributed by atoms with van der Waals surface area (Å²) in [7, 11) is 0. The van der Waals surface area contributed by atoms with Gasteiger partial charge in [0.15, 0.2) is 0 Å². The SMILES string of the molecule is [CH2]CCc1cc(F)c2ncc(C(=O)NCc3ccc(Cl)cc3)c(O)c2c1. The van der Waals surface area contributed by atoms with Gasteiger partial charge < -0.3 is 10.4 Å². The average Bonchev–Trinajstić information content (AvgIpc) is 2.62. The van der Waals surface area contributed by atoms with Gasteiger partial charge in [0, 0.05) is 23.2 Å². The predicted octanol–water partition coefficient (Wildman–Crippen LogP) is 4.43. The topological polar surface area (TPSA) is 62.2 Å². The molecule has 0 fully saturated rings. The van der Waals surface area contributed by atoms with Crippen molar-refractivity contribution in [3.05, 3.63) is 77.0 Å². The normalized spacial score (nSPS) is 10.9. The van der Waals surface area contributed by atoms with E-state index in [1.54, 1.807) is 30.3 Å². The summed E-state index contributed by atoms with van der Waals surface area (Å²) in [5, 5.41) is 14.0. The van der Waals surface area contributed by atoms with Gasteiger partial charge in [0.2, 0.25) is 0 Å². The number of pyridine rings is 1. The molecule has 0 saturated heterocycles. The van der Waals surface area contributed by atoms with Gasteiger partial charge in [-0.15, -0.1) is 0 Å². The number of rotatable bonds is 5. The zero-order chi connectivity index (χ0) is 18.7. The Morgan fingerprint density at radius 3 is 2.65 bits per heavy atom. The third-order valence-electron chi connectivity index (χ3n) is 4.03. The molecule has 0 atom stereocenters. The standard InChI is InChI=1S/C20H17ClFN2O2/c1-2-3-13-8-15-18(17(22)9-13)23-11-16(19(15)25)20(26)24-10-12-4-6-14(21)7-5-12/h4-9,11H,1-3,10H2,(H,23,25)(H,24,26). The molecule has 0 unspecified atom stereocenters. The van der Waals surface area contributed by atoms with Crippen LogP contribution in [-0.4, -0.2) is 16.0 Å². The molecule has 2 N–H and O–H groups in total. The van der Waals surface area contributed by atoms with Crippen LogP contribution in [0.15, 0.2) is 42.6 Å². The van der Waals surface area contributed by atoms with Crippen molar-refractivity contribution in [2.24, 2.45) is 0 Å². The number of aromatic hydroxyl groups is 1. The van der Waals surface area contributed by atoms with Crippen LogP contribution in [0.25, 0.3) is 10.9 Å². The second-order valence-electron chi connectivity index (χ2n) is 5.91. The summed E-state index contributed by atoms with van der Waals surface area (Å²) in [6.45, 7) is 4.01. The highest BCUT2D eigenvalue weighted by molar-refractivity contribution is 6.30. The van der Waals surface area contributed by atoms with E-state index >= 15 is 0 Å². The van der Waals surface area contributed by atoms with Crippen LogP contribution in [0.5, 0.6) is 5.75 Å². The fourth-order valence-corrected chi connectivity index (χ4v) is 2.82. The average molecular weight is 372 g/mol. The van der Waals surface area contributed by atoms with Crippen molar-refractivity contribution >= 4 is 28.4 Å². The number of amides is 1. The monoisotopic (exact) mass is 371 g/mol. The van der Waals surface area contributed by atoms with Gasteiger partial charge in [-0.05, 0) is 48.2 Å². The number of halogens is 2. The molecule has 3 rings (SSSR count). The largest absolute Gasteiger partial charge is 0.506 e. The van der Waals surface area contributed by atoms with E-state index in [1.807, 2.05) is 0 Å². The van der Waals surface area contributed by atoms with E-state index in [2.05, 4.69) is 17.2 Å². The second kappa shape index (κ2) is 7.70. The van der Waals surface area contributed by atoms with E-state index in [0.29, 0.717) is 23.4 Å². The molecular formula is C20H17ClFN2O2. The molecule has 0 bridgehead atoms. The van der Waals surface area contributed by atoms with E-state index in [-0.39, 0.29) is 28.8 Å². The molecule has 4 nitrogen and oxygen atoms in total. The molecule has 0 aliphatic carbocycles. The number of carbonyl (C=O) groups excluding carboxylic acids is 1. The van der Waals surface area contributed by atoms with Gasteiger partial charge >= 0.3 is 0 Å². The Bertz CT molecular complexity index is 958. The lowest BCUT2D eigenvalue weighted by Gasteiger charge is -2.10. The van der Waals surface area contributed by atoms with Crippen LogP contribution in [0.1, 0.15) is 27.9 Å². The Balaban J connectivity index is 1.87. The molecule has 0 aliphatic heterocycles. The van der Waals surface area contributed by atoms with Gasteiger partial charge in [0.25, 0.3) is 5.91 Å². The van der Waals surface area contributed by atoms with Gasteiger partial charge in [0.1, 0.15) is 22.6 Å². The van der Waals surface area contributed by atoms with E-state index < -0.39 is 11.7 Å². The number of nitrogens with one attached hydrogen (secondary N) is 1. The lowest BCUT2D eigenvalue weighted by Crippen LogP contribution is -2.23. The Morgan fingerprint density at radius 2 is 1.96 bits per heavy atom. The maximum atomic E-state index is 14.2. The first-order valence-corrected chi connectivity index (χ1v) is 8.49. The first-order chi connectivity index (χ1) is 12.5. The van der Waals surface area contributed by atoms with Gasteiger partial charge in [-0.3, -0.25) is 9.78 Å². The summed E-state index contributed by atoms with van der Waals surface area (Å²) in [5.74, 6) is -1.31. The van der Waals surface area contributed by atoms with Crippen molar-refractivity contribution in [2.75, 3.05) is 0 Å². The van der Waals surface area contributed by atoms with E-state index in [4.69, 9.17) is 11.6 Å². The van der Waals surface area contributed by atoms with Gasteiger partial charge in [-0.25, -0.2) is 4.39 Å². The van der Waals surface area contributed by atoms with Crippen molar-refractivity contribution in [3.63, 3.8) is 0 Å². The summed E-state index contributed by atoms with van der Waals surface area (Å²) in [5.41, 5.74) is 1.59. The Kier molecular flexibility index (Phi) is 5.38. The molecule has 1 aromatic heterocycles. The molecule has 26 heavy (non-hydrogen) atoms. The number of hydrogen-bond acceptors (Lipinski definition) is 3. The number of fused-ring (bicyclic) bond motifs is 1. The highest BCUT2D eigenvalue weighted by Gasteiger charge is 2.17. The van der Waals surface area contributed by atoms with Crippen LogP contribution in [-0.2, 0) is 13.0 Å². The molecule has 0 spiro atoms. The second-order valence-corrected chi connectivity index (χ2v) is 6.34. The number of aryl methyl sites for hydroxylation is 1. The third-order valence-corrected chi connectivity index (χ3v) is 4.28. The third kappa shape index (κ3) is 3.78. The van der Waals surface area contributed by atoms with Crippen molar-refractivity contribution in [3.8, 4) is 5.75 Å². The van der Waals surface area contributed by atoms with Crippen molar-refractivity contribution in [2.45, 2.75) is 19.4 Å². The van der Waals surface area contributed by atoms with Crippen LogP contribution < -0.4 is 5.32 Å². The molecule has 0 aliphatic rings. The Labute approximate surface area is 155 Å². The van der Waals surface area contributed by atoms with Crippen molar-refractivity contribution in [1.82, 2.24) is 10.3 Å². The molecule has 6 heteroatoms. The maximum Gasteiger partial charge on any atom is 0.256 e. The van der Waals surface area contributed by atoms with Crippen LogP contribution in [0.4, 0.5) is 4.39 Å². The number of nitrogens with zero attached hydrogens (tertiary/aromatic N) is 1. The summed E-state index contributed by atoms with van der Waals surface area (Å²) in [6.07, 6.45) is 2.35. The number of aromatic nitrogens is 1. The summed E-state index contributed by atoms with van der Waals surface area (Å²) >= 11 is 5.83. The molecule has 1 amide bonds. The highest BCUT2D eigenvalue weighted by Crippen LogP contribution is 2.30. The van der Waals surface area contributed by atoms with Crippen LogP contribution >= 0.6 is 11.6 Å². The maximum absolute atomic E-state index is 14.2. The minimum atomic E-state index is -0.533. The first-order valence-electron chi connectivity index (χ1n) is 8.11. The molecular weight excluding hydrogens is 355 g/mol. The molecule has 3 aromatic rings. The van der Waals surface area contributed by atoms with Gasteiger partial charge in [0.05, 0.1) is 0 Å². The number of benzene rings is 2. The van der Waals surface area contributed by atoms with E-state index in [1.165, 1.54) is 12.3 Å². The van der Waals surface area contributed by atoms with Gasteiger partial charge in [-0.2, -0.15) is 0 Å². The van der Waals surface area contributed by atoms with E-state index in [9.17, 15) is 14.3 Å². The lowest BCUT2D eigenvalue weighted by molar-refractivity contribution is 0.0948. The fourth-order valence-electron chi connectivity index (χ4n) is 2.70. The molecule has 1 heterocycles. The molecule has 2 aromatic carbocycles. The zero-order valence-electron chi connectivity index (χ0n) is 13.9. The summed E-state index contributed by atoms with van der Waals surface area (Å²) in [6, 6.07) is 10.1. The van der Waals surface area contributed by atoms with Crippen LogP contribution in [0.2, 0.25) is 5.02 Å². The zero-order valence-corrected chi connectivity index (χ0v) is 14.7. The lowest BCUT2D eigenvalue weighted by atomic mass is 10.0. The van der Waals surface area contributed by atoms with Crippen molar-refractivity contribution in [1.29, 1.82) is 0 Å². The molecule has 1 radical (unpaired) electrons. The smallest absolute Gasteiger partial charge is 0.256 e. The van der Waals surface area contributed by atoms with Crippen LogP contribution in [0, 0.1) is 12.7 Å². The summed E-state index contributed by atoms with van der Waals surface area (Å²) in [4.78, 5) is 16.4. The van der Waals surface area contributed by atoms with Crippen molar-refractivity contribution < 1.29 is 14.3 Å². The predicted molar refractivity (Wildman–Crippen MR) is 99.7 cm³/mol. The van der Waals surface area contributed by atoms with Crippen LogP contribution in [0.3, 0.4) is 0 Å². The fraction of sp³-hybridized carbons (Fsp3) is 0.150. The molecule has 0 saturated carbocycles.